The number of nitrogens with one attached hydrogen (secondary N) is 1. The van der Waals surface area contributed by atoms with Gasteiger partial charge in [0, 0.05) is 18.2 Å². The van der Waals surface area contributed by atoms with E-state index in [9.17, 15) is 14.9 Å². The van der Waals surface area contributed by atoms with Crippen molar-refractivity contribution in [3.8, 4) is 0 Å². The Morgan fingerprint density at radius 1 is 1.43 bits per heavy atom. The molecule has 0 aliphatic heterocycles. The first kappa shape index (κ1) is 15.3. The Bertz CT molecular complexity index is 551. The minimum Gasteiger partial charge on any atom is -0.393 e. The number of nitrogens with zero attached hydrogens (tertiary/aromatic N) is 1. The number of rotatable bonds is 5. The molecule has 1 amide bonds. The lowest BCUT2D eigenvalue weighted by molar-refractivity contribution is -0.383. The van der Waals surface area contributed by atoms with Gasteiger partial charge in [0.25, 0.3) is 11.6 Å². The van der Waals surface area contributed by atoms with E-state index in [0.717, 1.165) is 19.3 Å². The highest BCUT2D eigenvalue weighted by Gasteiger charge is 2.32. The van der Waals surface area contributed by atoms with Gasteiger partial charge >= 0.3 is 0 Å². The Morgan fingerprint density at radius 2 is 2.10 bits per heavy atom. The molecule has 1 aliphatic carbocycles. The van der Waals surface area contributed by atoms with Gasteiger partial charge in [0.05, 0.1) is 4.92 Å². The number of carbonyl (C=O) groups is 1. The Balaban J connectivity index is 2.07. The van der Waals surface area contributed by atoms with Crippen LogP contribution in [0.4, 0.5) is 11.4 Å². The van der Waals surface area contributed by atoms with Crippen LogP contribution in [0.2, 0.25) is 0 Å². The molecule has 0 bridgehead atoms. The van der Waals surface area contributed by atoms with Gasteiger partial charge < -0.3 is 11.1 Å². The maximum Gasteiger partial charge on any atom is 0.292 e. The molecule has 3 N–H and O–H groups in total. The van der Waals surface area contributed by atoms with Gasteiger partial charge in [0.1, 0.15) is 5.69 Å². The second kappa shape index (κ2) is 6.11. The number of carbonyl (C=O) groups excluding carboxylic acids is 1. The number of amides is 1. The summed E-state index contributed by atoms with van der Waals surface area (Å²) in [7, 11) is 0. The lowest BCUT2D eigenvalue weighted by atomic mass is 9.83. The molecule has 21 heavy (non-hydrogen) atoms. The second-order valence-corrected chi connectivity index (χ2v) is 5.77. The minimum absolute atomic E-state index is 0.0670. The molecule has 0 saturated heterocycles. The van der Waals surface area contributed by atoms with Crippen molar-refractivity contribution in [1.29, 1.82) is 0 Å². The van der Waals surface area contributed by atoms with E-state index in [-0.39, 0.29) is 28.3 Å². The first-order valence-corrected chi connectivity index (χ1v) is 7.29. The quantitative estimate of drug-likeness (QED) is 0.495. The molecule has 0 unspecified atom stereocenters. The van der Waals surface area contributed by atoms with E-state index in [1.165, 1.54) is 31.0 Å². The van der Waals surface area contributed by atoms with Gasteiger partial charge in [-0.15, -0.1) is 0 Å². The van der Waals surface area contributed by atoms with Gasteiger partial charge in [-0.25, -0.2) is 0 Å². The SMILES string of the molecule is CCC1(CNC(=O)c2ccc(N)c([N+](=O)[O-])c2)CCCC1. The largest absolute Gasteiger partial charge is 0.393 e. The molecule has 6 nitrogen and oxygen atoms in total. The number of nitro benzene ring substituents is 1. The van der Waals surface area contributed by atoms with E-state index in [4.69, 9.17) is 5.73 Å². The van der Waals surface area contributed by atoms with E-state index < -0.39 is 4.92 Å². The summed E-state index contributed by atoms with van der Waals surface area (Å²) in [6.45, 7) is 2.77. The predicted molar refractivity (Wildman–Crippen MR) is 81.0 cm³/mol. The fraction of sp³-hybridized carbons (Fsp3) is 0.533. The lowest BCUT2D eigenvalue weighted by Crippen LogP contribution is -2.35. The maximum absolute atomic E-state index is 12.2. The topological polar surface area (TPSA) is 98.3 Å². The second-order valence-electron chi connectivity index (χ2n) is 5.77. The van der Waals surface area contributed by atoms with Crippen LogP contribution in [0.15, 0.2) is 18.2 Å². The molecular weight excluding hydrogens is 270 g/mol. The summed E-state index contributed by atoms with van der Waals surface area (Å²) in [5, 5.41) is 13.8. The van der Waals surface area contributed by atoms with E-state index in [0.29, 0.717) is 6.54 Å². The Hall–Kier alpha value is -2.11. The zero-order valence-corrected chi connectivity index (χ0v) is 12.2. The molecule has 0 aromatic heterocycles. The van der Waals surface area contributed by atoms with Crippen LogP contribution < -0.4 is 11.1 Å². The summed E-state index contributed by atoms with van der Waals surface area (Å²) in [4.78, 5) is 22.5. The molecule has 0 heterocycles. The van der Waals surface area contributed by atoms with E-state index in [1.807, 2.05) is 0 Å². The molecule has 0 radical (unpaired) electrons. The number of hydrogen-bond acceptors (Lipinski definition) is 4. The Morgan fingerprint density at radius 3 is 2.67 bits per heavy atom. The smallest absolute Gasteiger partial charge is 0.292 e. The van der Waals surface area contributed by atoms with Crippen molar-refractivity contribution in [3.05, 3.63) is 33.9 Å². The van der Waals surface area contributed by atoms with Gasteiger partial charge in [-0.3, -0.25) is 14.9 Å². The summed E-state index contributed by atoms with van der Waals surface area (Å²) < 4.78 is 0. The van der Waals surface area contributed by atoms with Crippen LogP contribution in [0.5, 0.6) is 0 Å². The average Bonchev–Trinajstić information content (AvgIpc) is 2.94. The maximum atomic E-state index is 12.2. The van der Waals surface area contributed by atoms with Gasteiger partial charge in [0.2, 0.25) is 0 Å². The molecule has 6 heteroatoms. The van der Waals surface area contributed by atoms with Crippen molar-refractivity contribution in [2.24, 2.45) is 5.41 Å². The Labute approximate surface area is 123 Å². The first-order chi connectivity index (χ1) is 9.97. The fourth-order valence-corrected chi connectivity index (χ4v) is 2.99. The van der Waals surface area contributed by atoms with Gasteiger partial charge in [-0.05, 0) is 36.8 Å². The van der Waals surface area contributed by atoms with Crippen LogP contribution in [-0.4, -0.2) is 17.4 Å². The summed E-state index contributed by atoms with van der Waals surface area (Å²) in [5.74, 6) is -0.280. The van der Waals surface area contributed by atoms with Crippen LogP contribution in [0.25, 0.3) is 0 Å². The molecule has 1 fully saturated rings. The van der Waals surface area contributed by atoms with Crippen LogP contribution in [0, 0.1) is 15.5 Å². The summed E-state index contributed by atoms with van der Waals surface area (Å²) in [6, 6.07) is 4.15. The molecule has 1 aromatic carbocycles. The molecule has 0 atom stereocenters. The van der Waals surface area contributed by atoms with Crippen molar-refractivity contribution < 1.29 is 9.72 Å². The highest BCUT2D eigenvalue weighted by molar-refractivity contribution is 5.95. The van der Waals surface area contributed by atoms with Crippen molar-refractivity contribution in [2.75, 3.05) is 12.3 Å². The van der Waals surface area contributed by atoms with Gasteiger partial charge in [0.15, 0.2) is 0 Å². The number of hydrogen-bond donors (Lipinski definition) is 2. The Kier molecular flexibility index (Phi) is 4.45. The van der Waals surface area contributed by atoms with Crippen molar-refractivity contribution in [2.45, 2.75) is 39.0 Å². The molecule has 1 saturated carbocycles. The number of nitro groups is 1. The third kappa shape index (κ3) is 3.32. The van der Waals surface area contributed by atoms with Crippen LogP contribution >= 0.6 is 0 Å². The molecule has 1 aliphatic rings. The fourth-order valence-electron chi connectivity index (χ4n) is 2.99. The zero-order chi connectivity index (χ0) is 15.5. The van der Waals surface area contributed by atoms with E-state index in [2.05, 4.69) is 12.2 Å². The lowest BCUT2D eigenvalue weighted by Gasteiger charge is -2.27. The first-order valence-electron chi connectivity index (χ1n) is 7.29. The third-order valence-corrected chi connectivity index (χ3v) is 4.53. The number of nitrogen functional groups attached to an aromatic ring is 1. The monoisotopic (exact) mass is 291 g/mol. The van der Waals surface area contributed by atoms with Crippen LogP contribution in [0.1, 0.15) is 49.4 Å². The van der Waals surface area contributed by atoms with Crippen LogP contribution in [-0.2, 0) is 0 Å². The molecule has 2 rings (SSSR count). The number of anilines is 1. The van der Waals surface area contributed by atoms with Crippen molar-refractivity contribution in [3.63, 3.8) is 0 Å². The summed E-state index contributed by atoms with van der Waals surface area (Å²) in [6.07, 6.45) is 5.71. The van der Waals surface area contributed by atoms with E-state index >= 15 is 0 Å². The molecular formula is C15H21N3O3. The minimum atomic E-state index is -0.573. The predicted octanol–water partition coefficient (Wildman–Crippen LogP) is 2.88. The highest BCUT2D eigenvalue weighted by Crippen LogP contribution is 2.40. The highest BCUT2D eigenvalue weighted by atomic mass is 16.6. The van der Waals surface area contributed by atoms with Gasteiger partial charge in [-0.2, -0.15) is 0 Å². The summed E-state index contributed by atoms with van der Waals surface area (Å²) >= 11 is 0. The van der Waals surface area contributed by atoms with Crippen molar-refractivity contribution in [1.82, 2.24) is 5.32 Å². The van der Waals surface area contributed by atoms with Crippen molar-refractivity contribution >= 4 is 17.3 Å². The summed E-state index contributed by atoms with van der Waals surface area (Å²) in [5.41, 5.74) is 5.84. The molecule has 114 valence electrons. The van der Waals surface area contributed by atoms with Gasteiger partial charge in [-0.1, -0.05) is 19.8 Å². The number of benzene rings is 1. The average molecular weight is 291 g/mol. The normalized spacial score (nSPS) is 16.6. The molecule has 0 spiro atoms. The standard InChI is InChI=1S/C15H21N3O3/c1-2-15(7-3-4-8-15)10-17-14(19)11-5-6-12(16)13(9-11)18(20)21/h5-6,9H,2-4,7-8,10,16H2,1H3,(H,17,19). The van der Waals surface area contributed by atoms with Crippen LogP contribution in [0.3, 0.4) is 0 Å². The molecule has 1 aromatic rings. The third-order valence-electron chi connectivity index (χ3n) is 4.53. The number of nitrogens with two attached hydrogens (primary N) is 1. The zero-order valence-electron chi connectivity index (χ0n) is 12.2. The van der Waals surface area contributed by atoms with E-state index in [1.54, 1.807) is 0 Å².